The molecule has 0 aliphatic rings. The molecule has 0 heterocycles. The molecule has 14 heavy (non-hydrogen) atoms. The molecule has 0 spiro atoms. The number of amides is 1. The summed E-state index contributed by atoms with van der Waals surface area (Å²) in [6.07, 6.45) is -1.30. The summed E-state index contributed by atoms with van der Waals surface area (Å²) in [6, 6.07) is 8.69. The monoisotopic (exact) mass is 195 g/mol. The fraction of sp³-hybridized carbons (Fsp3) is 0.300. The van der Waals surface area contributed by atoms with Crippen LogP contribution in [0, 0.1) is 0 Å². The van der Waals surface area contributed by atoms with Gasteiger partial charge in [0.15, 0.2) is 0 Å². The maximum Gasteiger partial charge on any atom is 0.436 e. The number of rotatable bonds is 3. The van der Waals surface area contributed by atoms with Crippen LogP contribution in [-0.4, -0.2) is 17.3 Å². The molecule has 0 saturated carbocycles. The van der Waals surface area contributed by atoms with Gasteiger partial charge in [-0.2, -0.15) is 5.06 Å². The standard InChI is InChI=1S/C10H13NO3/c1-8(2)14-11(10(12)13)9-6-4-3-5-7-9/h3-8H,1-2H3,(H,12,13). The van der Waals surface area contributed by atoms with E-state index >= 15 is 0 Å². The van der Waals surface area contributed by atoms with Gasteiger partial charge >= 0.3 is 6.09 Å². The Morgan fingerprint density at radius 3 is 2.36 bits per heavy atom. The summed E-state index contributed by atoms with van der Waals surface area (Å²) < 4.78 is 0. The van der Waals surface area contributed by atoms with Gasteiger partial charge < -0.3 is 5.11 Å². The Labute approximate surface area is 82.7 Å². The van der Waals surface area contributed by atoms with Crippen LogP contribution in [0.25, 0.3) is 0 Å². The van der Waals surface area contributed by atoms with Crippen molar-refractivity contribution < 1.29 is 14.7 Å². The van der Waals surface area contributed by atoms with Crippen LogP contribution in [-0.2, 0) is 4.84 Å². The molecule has 0 aliphatic carbocycles. The zero-order chi connectivity index (χ0) is 10.6. The van der Waals surface area contributed by atoms with E-state index in [4.69, 9.17) is 9.94 Å². The van der Waals surface area contributed by atoms with Crippen molar-refractivity contribution >= 4 is 11.8 Å². The van der Waals surface area contributed by atoms with Crippen molar-refractivity contribution in [2.45, 2.75) is 20.0 Å². The molecule has 1 aromatic carbocycles. The van der Waals surface area contributed by atoms with Gasteiger partial charge in [-0.25, -0.2) is 4.79 Å². The van der Waals surface area contributed by atoms with Crippen molar-refractivity contribution in [3.05, 3.63) is 30.3 Å². The van der Waals surface area contributed by atoms with Gasteiger partial charge in [0.1, 0.15) is 0 Å². The van der Waals surface area contributed by atoms with Crippen molar-refractivity contribution in [1.82, 2.24) is 0 Å². The molecule has 0 unspecified atom stereocenters. The average Bonchev–Trinajstić information content (AvgIpc) is 2.15. The van der Waals surface area contributed by atoms with Crippen LogP contribution in [0.4, 0.5) is 10.5 Å². The third-order valence-corrected chi connectivity index (χ3v) is 1.48. The van der Waals surface area contributed by atoms with Gasteiger partial charge in [-0.15, -0.1) is 0 Å². The van der Waals surface area contributed by atoms with Gasteiger partial charge in [0.25, 0.3) is 0 Å². The molecule has 1 N–H and O–H groups in total. The highest BCUT2D eigenvalue weighted by Gasteiger charge is 2.16. The summed E-state index contributed by atoms with van der Waals surface area (Å²) in [4.78, 5) is 16.0. The molecule has 76 valence electrons. The van der Waals surface area contributed by atoms with Crippen molar-refractivity contribution in [1.29, 1.82) is 0 Å². The fourth-order valence-electron chi connectivity index (χ4n) is 0.991. The fourth-order valence-corrected chi connectivity index (χ4v) is 0.991. The number of hydrogen-bond donors (Lipinski definition) is 1. The summed E-state index contributed by atoms with van der Waals surface area (Å²) in [6.45, 7) is 3.55. The van der Waals surface area contributed by atoms with Crippen molar-refractivity contribution in [3.8, 4) is 0 Å². The molecular formula is C10H13NO3. The topological polar surface area (TPSA) is 49.8 Å². The molecule has 0 aromatic heterocycles. The number of carboxylic acid groups (broad SMARTS) is 1. The van der Waals surface area contributed by atoms with Crippen molar-refractivity contribution in [3.63, 3.8) is 0 Å². The maximum absolute atomic E-state index is 10.8. The largest absolute Gasteiger partial charge is 0.463 e. The minimum Gasteiger partial charge on any atom is -0.463 e. The summed E-state index contributed by atoms with van der Waals surface area (Å²) >= 11 is 0. The van der Waals surface area contributed by atoms with Gasteiger partial charge in [0.2, 0.25) is 0 Å². The van der Waals surface area contributed by atoms with E-state index in [0.29, 0.717) is 5.69 Å². The van der Waals surface area contributed by atoms with E-state index in [0.717, 1.165) is 5.06 Å². The summed E-state index contributed by atoms with van der Waals surface area (Å²) in [5, 5.41) is 9.74. The normalized spacial score (nSPS) is 10.2. The molecule has 1 rings (SSSR count). The molecule has 0 fully saturated rings. The third-order valence-electron chi connectivity index (χ3n) is 1.48. The second kappa shape index (κ2) is 4.62. The van der Waals surface area contributed by atoms with E-state index in [-0.39, 0.29) is 6.10 Å². The number of carbonyl (C=O) groups is 1. The smallest absolute Gasteiger partial charge is 0.436 e. The first-order chi connectivity index (χ1) is 6.61. The molecule has 1 amide bonds. The van der Waals surface area contributed by atoms with Crippen LogP contribution in [0.15, 0.2) is 30.3 Å². The van der Waals surface area contributed by atoms with Crippen LogP contribution < -0.4 is 5.06 Å². The molecular weight excluding hydrogens is 182 g/mol. The Kier molecular flexibility index (Phi) is 3.48. The third kappa shape index (κ3) is 2.74. The lowest BCUT2D eigenvalue weighted by Crippen LogP contribution is -2.32. The molecule has 0 bridgehead atoms. The minimum atomic E-state index is -1.12. The van der Waals surface area contributed by atoms with Crippen LogP contribution >= 0.6 is 0 Å². The highest BCUT2D eigenvalue weighted by atomic mass is 16.7. The number of para-hydroxylation sites is 1. The number of nitrogens with zero attached hydrogens (tertiary/aromatic N) is 1. The molecule has 4 nitrogen and oxygen atoms in total. The van der Waals surface area contributed by atoms with Gasteiger partial charge in [-0.05, 0) is 26.0 Å². The van der Waals surface area contributed by atoms with Crippen LogP contribution in [0.3, 0.4) is 0 Å². The van der Waals surface area contributed by atoms with Crippen molar-refractivity contribution in [2.75, 3.05) is 5.06 Å². The Morgan fingerprint density at radius 2 is 1.93 bits per heavy atom. The molecule has 1 aromatic rings. The predicted octanol–water partition coefficient (Wildman–Crippen LogP) is 2.51. The van der Waals surface area contributed by atoms with E-state index in [1.54, 1.807) is 38.1 Å². The molecule has 4 heteroatoms. The van der Waals surface area contributed by atoms with Gasteiger partial charge in [0, 0.05) is 0 Å². The SMILES string of the molecule is CC(C)ON(C(=O)O)c1ccccc1. The second-order valence-corrected chi connectivity index (χ2v) is 3.07. The first kappa shape index (κ1) is 10.5. The zero-order valence-electron chi connectivity index (χ0n) is 8.18. The average molecular weight is 195 g/mol. The van der Waals surface area contributed by atoms with E-state index in [1.807, 2.05) is 6.07 Å². The number of anilines is 1. The number of benzene rings is 1. The molecule has 0 radical (unpaired) electrons. The predicted molar refractivity (Wildman–Crippen MR) is 53.2 cm³/mol. The molecule has 0 saturated heterocycles. The van der Waals surface area contributed by atoms with Crippen LogP contribution in [0.1, 0.15) is 13.8 Å². The Balaban J connectivity index is 2.84. The summed E-state index contributed by atoms with van der Waals surface area (Å²) in [5.41, 5.74) is 0.508. The van der Waals surface area contributed by atoms with E-state index in [1.165, 1.54) is 0 Å². The van der Waals surface area contributed by atoms with Gasteiger partial charge in [0.05, 0.1) is 11.8 Å². The number of hydroxylamine groups is 1. The lowest BCUT2D eigenvalue weighted by molar-refractivity contribution is 0.0542. The van der Waals surface area contributed by atoms with Crippen LogP contribution in [0.5, 0.6) is 0 Å². The highest BCUT2D eigenvalue weighted by molar-refractivity contribution is 5.83. The Hall–Kier alpha value is -1.55. The Morgan fingerprint density at radius 1 is 1.36 bits per heavy atom. The van der Waals surface area contributed by atoms with E-state index in [2.05, 4.69) is 0 Å². The van der Waals surface area contributed by atoms with Gasteiger partial charge in [-0.3, -0.25) is 4.84 Å². The van der Waals surface area contributed by atoms with Crippen molar-refractivity contribution in [2.24, 2.45) is 0 Å². The summed E-state index contributed by atoms with van der Waals surface area (Å²) in [7, 11) is 0. The lowest BCUT2D eigenvalue weighted by Gasteiger charge is -2.20. The maximum atomic E-state index is 10.8. The number of hydrogen-bond acceptors (Lipinski definition) is 2. The van der Waals surface area contributed by atoms with E-state index < -0.39 is 6.09 Å². The second-order valence-electron chi connectivity index (χ2n) is 3.07. The highest BCUT2D eigenvalue weighted by Crippen LogP contribution is 2.14. The quantitative estimate of drug-likeness (QED) is 0.754. The molecule has 0 atom stereocenters. The summed E-state index contributed by atoms with van der Waals surface area (Å²) in [5.74, 6) is 0. The lowest BCUT2D eigenvalue weighted by atomic mass is 10.3. The first-order valence-electron chi connectivity index (χ1n) is 4.36. The Bertz CT molecular complexity index is 297. The van der Waals surface area contributed by atoms with E-state index in [9.17, 15) is 4.79 Å². The van der Waals surface area contributed by atoms with Crippen LogP contribution in [0.2, 0.25) is 0 Å². The molecule has 0 aliphatic heterocycles. The first-order valence-corrected chi connectivity index (χ1v) is 4.36. The minimum absolute atomic E-state index is 0.175. The van der Waals surface area contributed by atoms with Gasteiger partial charge in [-0.1, -0.05) is 18.2 Å². The zero-order valence-corrected chi connectivity index (χ0v) is 8.18.